The maximum absolute atomic E-state index is 12.2. The molecular weight excluding hydrogens is 339 g/mol. The number of rotatable bonds is 4. The molecule has 1 N–H and O–H groups in total. The Kier molecular flexibility index (Phi) is 5.31. The monoisotopic (exact) mass is 350 g/mol. The van der Waals surface area contributed by atoms with Crippen LogP contribution in [0.3, 0.4) is 0 Å². The maximum Gasteiger partial charge on any atom is 0.189 e. The zero-order chi connectivity index (χ0) is 14.9. The summed E-state index contributed by atoms with van der Waals surface area (Å²) in [5, 5.41) is 9.51. The van der Waals surface area contributed by atoms with E-state index in [9.17, 15) is 4.79 Å². The van der Waals surface area contributed by atoms with Gasteiger partial charge >= 0.3 is 0 Å². The number of halogens is 2. The average molecular weight is 351 g/mol. The van der Waals surface area contributed by atoms with Crippen molar-refractivity contribution in [2.24, 2.45) is 0 Å². The molecular formula is C13H12Cl2O3S2. The second-order valence-corrected chi connectivity index (χ2v) is 6.61. The van der Waals surface area contributed by atoms with Crippen molar-refractivity contribution in [3.63, 3.8) is 0 Å². The number of aliphatic hydroxyl groups excluding tert-OH is 1. The molecule has 2 rings (SSSR count). The molecule has 7 heteroatoms. The number of benzene rings is 1. The third-order valence-corrected chi connectivity index (χ3v) is 4.97. The fourth-order valence-electron chi connectivity index (χ4n) is 1.92. The molecule has 3 nitrogen and oxygen atoms in total. The van der Waals surface area contributed by atoms with Crippen LogP contribution in [0.1, 0.15) is 15.9 Å². The topological polar surface area (TPSA) is 46.5 Å². The highest BCUT2D eigenvalue weighted by Crippen LogP contribution is 2.42. The number of hydrogen-bond acceptors (Lipinski definition) is 5. The number of thioether (sulfide) groups is 1. The van der Waals surface area contributed by atoms with Gasteiger partial charge in [0.1, 0.15) is 16.9 Å². The number of ether oxygens (including phenoxy) is 1. The largest absolute Gasteiger partial charge is 0.486 e. The van der Waals surface area contributed by atoms with Crippen LogP contribution in [0.5, 0.6) is 5.75 Å². The highest BCUT2D eigenvalue weighted by Gasteiger charge is 2.28. The molecule has 1 heterocycles. The molecule has 0 saturated heterocycles. The van der Waals surface area contributed by atoms with E-state index in [1.54, 1.807) is 6.07 Å². The van der Waals surface area contributed by atoms with Crippen molar-refractivity contribution < 1.29 is 14.6 Å². The molecule has 20 heavy (non-hydrogen) atoms. The van der Waals surface area contributed by atoms with E-state index in [-0.39, 0.29) is 28.5 Å². The predicted molar refractivity (Wildman–Crippen MR) is 86.6 cm³/mol. The second kappa shape index (κ2) is 6.62. The first-order chi connectivity index (χ1) is 9.47. The fourth-order valence-corrected chi connectivity index (χ4v) is 2.77. The number of thiol groups is 1. The minimum Gasteiger partial charge on any atom is -0.486 e. The van der Waals surface area contributed by atoms with E-state index in [0.717, 1.165) is 5.56 Å². The van der Waals surface area contributed by atoms with Crippen molar-refractivity contribution in [3.8, 4) is 5.75 Å². The number of carbonyl (C=O) groups excluding carboxylic acids is 1. The first kappa shape index (κ1) is 16.0. The summed E-state index contributed by atoms with van der Waals surface area (Å²) >= 11 is 17.8. The van der Waals surface area contributed by atoms with Crippen LogP contribution >= 0.6 is 47.6 Å². The highest BCUT2D eigenvalue weighted by molar-refractivity contribution is 8.15. The summed E-state index contributed by atoms with van der Waals surface area (Å²) < 4.78 is 6.08. The first-order valence-electron chi connectivity index (χ1n) is 5.75. The molecule has 0 radical (unpaired) electrons. The normalized spacial score (nSPS) is 17.9. The van der Waals surface area contributed by atoms with Crippen LogP contribution in [0.4, 0.5) is 0 Å². The van der Waals surface area contributed by atoms with Gasteiger partial charge in [0.25, 0.3) is 0 Å². The van der Waals surface area contributed by atoms with E-state index in [2.05, 4.69) is 12.6 Å². The van der Waals surface area contributed by atoms with Gasteiger partial charge in [-0.1, -0.05) is 23.2 Å². The number of carbonyl (C=O) groups is 1. The van der Waals surface area contributed by atoms with E-state index >= 15 is 0 Å². The summed E-state index contributed by atoms with van der Waals surface area (Å²) in [5.41, 5.74) is 1.10. The van der Waals surface area contributed by atoms with Crippen molar-refractivity contribution >= 4 is 53.4 Å². The Balaban J connectivity index is 2.43. The minimum absolute atomic E-state index is 0.112. The predicted octanol–water partition coefficient (Wildman–Crippen LogP) is 3.61. The number of aliphatic hydroxyl groups is 1. The Hall–Kier alpha value is -0.330. The zero-order valence-electron chi connectivity index (χ0n) is 10.5. The number of fused-ring (bicyclic) bond motifs is 1. The van der Waals surface area contributed by atoms with Crippen LogP contribution in [-0.4, -0.2) is 29.9 Å². The molecule has 0 aromatic heterocycles. The van der Waals surface area contributed by atoms with Gasteiger partial charge in [0.05, 0.1) is 11.6 Å². The molecule has 1 unspecified atom stereocenters. The van der Waals surface area contributed by atoms with Crippen molar-refractivity contribution in [2.45, 2.75) is 12.5 Å². The van der Waals surface area contributed by atoms with Gasteiger partial charge in [-0.25, -0.2) is 0 Å². The standard InChI is InChI=1S/C13H12Cl2O3S2/c1-20-10(19)4-9(17)8-3-6-2-7(5-16)18-13(6)12(15)11(8)14/h3-4,7,16,19H,2,5H2,1H3. The smallest absolute Gasteiger partial charge is 0.189 e. The lowest BCUT2D eigenvalue weighted by Gasteiger charge is -2.09. The molecule has 1 aliphatic rings. The second-order valence-electron chi connectivity index (χ2n) is 4.22. The third kappa shape index (κ3) is 3.12. The molecule has 1 aliphatic heterocycles. The molecule has 108 valence electrons. The summed E-state index contributed by atoms with van der Waals surface area (Å²) in [6.45, 7) is -0.112. The molecule has 1 aromatic carbocycles. The van der Waals surface area contributed by atoms with E-state index < -0.39 is 0 Å². The molecule has 0 spiro atoms. The van der Waals surface area contributed by atoms with Crippen LogP contribution in [0, 0.1) is 0 Å². The van der Waals surface area contributed by atoms with Crippen LogP contribution in [0.2, 0.25) is 10.0 Å². The molecule has 1 atom stereocenters. The third-order valence-electron chi connectivity index (χ3n) is 2.90. The Morgan fingerprint density at radius 1 is 1.60 bits per heavy atom. The van der Waals surface area contributed by atoms with Gasteiger partial charge in [-0.3, -0.25) is 4.79 Å². The lowest BCUT2D eigenvalue weighted by atomic mass is 10.0. The van der Waals surface area contributed by atoms with E-state index in [0.29, 0.717) is 22.0 Å². The van der Waals surface area contributed by atoms with Crippen molar-refractivity contribution in [1.82, 2.24) is 0 Å². The lowest BCUT2D eigenvalue weighted by molar-refractivity contribution is 0.104. The Labute approximate surface area is 136 Å². The minimum atomic E-state index is -0.342. The molecule has 0 amide bonds. The SMILES string of the molecule is CSC(S)=CC(=O)c1cc2c(c(Cl)c1Cl)OC(CO)C2. The van der Waals surface area contributed by atoms with Gasteiger partial charge in [0.2, 0.25) is 0 Å². The number of ketones is 1. The Morgan fingerprint density at radius 2 is 2.30 bits per heavy atom. The van der Waals surface area contributed by atoms with Gasteiger partial charge in [0, 0.05) is 27.9 Å². The van der Waals surface area contributed by atoms with E-state index in [1.807, 2.05) is 6.26 Å². The summed E-state index contributed by atoms with van der Waals surface area (Å²) in [7, 11) is 0. The summed E-state index contributed by atoms with van der Waals surface area (Å²) in [6.07, 6.45) is 3.38. The van der Waals surface area contributed by atoms with Crippen LogP contribution in [0.25, 0.3) is 0 Å². The van der Waals surface area contributed by atoms with Crippen LogP contribution < -0.4 is 4.74 Å². The first-order valence-corrected chi connectivity index (χ1v) is 8.18. The van der Waals surface area contributed by atoms with Crippen LogP contribution in [0.15, 0.2) is 16.4 Å². The number of hydrogen-bond donors (Lipinski definition) is 2. The molecule has 1 aromatic rings. The van der Waals surface area contributed by atoms with Crippen LogP contribution in [-0.2, 0) is 6.42 Å². The molecule has 0 aliphatic carbocycles. The van der Waals surface area contributed by atoms with Gasteiger partial charge in [-0.15, -0.1) is 24.4 Å². The van der Waals surface area contributed by atoms with Gasteiger partial charge in [-0.2, -0.15) is 0 Å². The van der Waals surface area contributed by atoms with Crippen molar-refractivity contribution in [3.05, 3.63) is 37.6 Å². The summed E-state index contributed by atoms with van der Waals surface area (Å²) in [4.78, 5) is 12.2. The zero-order valence-corrected chi connectivity index (χ0v) is 13.7. The van der Waals surface area contributed by atoms with Crippen molar-refractivity contribution in [2.75, 3.05) is 12.9 Å². The molecule has 0 fully saturated rings. The number of allylic oxidation sites excluding steroid dienone is 1. The molecule has 0 bridgehead atoms. The highest BCUT2D eigenvalue weighted by atomic mass is 35.5. The quantitative estimate of drug-likeness (QED) is 0.494. The van der Waals surface area contributed by atoms with E-state index in [4.69, 9.17) is 33.0 Å². The van der Waals surface area contributed by atoms with Crippen molar-refractivity contribution in [1.29, 1.82) is 0 Å². The summed E-state index contributed by atoms with van der Waals surface area (Å²) in [6, 6.07) is 1.67. The molecule has 0 saturated carbocycles. The van der Waals surface area contributed by atoms with Gasteiger partial charge < -0.3 is 9.84 Å². The van der Waals surface area contributed by atoms with Gasteiger partial charge in [0.15, 0.2) is 5.78 Å². The Morgan fingerprint density at radius 3 is 2.90 bits per heavy atom. The maximum atomic E-state index is 12.2. The fraction of sp³-hybridized carbons (Fsp3) is 0.308. The Bertz CT molecular complexity index is 587. The van der Waals surface area contributed by atoms with Gasteiger partial charge in [-0.05, 0) is 12.3 Å². The summed E-state index contributed by atoms with van der Waals surface area (Å²) in [5.74, 6) is 0.193. The lowest BCUT2D eigenvalue weighted by Crippen LogP contribution is -2.17. The average Bonchev–Trinajstić information content (AvgIpc) is 2.85. The van der Waals surface area contributed by atoms with E-state index in [1.165, 1.54) is 17.8 Å².